The molecule has 0 radical (unpaired) electrons. The van der Waals surface area contributed by atoms with Gasteiger partial charge in [-0.05, 0) is 57.0 Å². The molecular weight excluding hydrogens is 548 g/mol. The monoisotopic (exact) mass is 583 g/mol. The van der Waals surface area contributed by atoms with E-state index in [1.165, 1.54) is 24.0 Å². The summed E-state index contributed by atoms with van der Waals surface area (Å²) in [7, 11) is 2.12. The maximum absolute atomic E-state index is 13.7. The number of piperazine rings is 1. The molecule has 0 spiro atoms. The summed E-state index contributed by atoms with van der Waals surface area (Å²) < 4.78 is 32.8. The smallest absolute Gasteiger partial charge is 0.256 e. The van der Waals surface area contributed by atoms with Gasteiger partial charge in [-0.3, -0.25) is 9.79 Å². The van der Waals surface area contributed by atoms with Crippen LogP contribution in [0.3, 0.4) is 0 Å². The Morgan fingerprint density at radius 2 is 1.76 bits per heavy atom. The van der Waals surface area contributed by atoms with Crippen LogP contribution in [0.5, 0.6) is 0 Å². The molecule has 2 aliphatic heterocycles. The maximum Gasteiger partial charge on any atom is 0.256 e. The molecule has 1 aromatic carbocycles. The van der Waals surface area contributed by atoms with Gasteiger partial charge in [-0.2, -0.15) is 4.99 Å². The number of amides is 1. The summed E-state index contributed by atoms with van der Waals surface area (Å²) >= 11 is 1.10. The van der Waals surface area contributed by atoms with Gasteiger partial charge in [0.25, 0.3) is 5.91 Å². The number of anilines is 1. The average Bonchev–Trinajstić information content (AvgIpc) is 2.94. The Hall–Kier alpha value is -3.35. The summed E-state index contributed by atoms with van der Waals surface area (Å²) in [5.41, 5.74) is 14.6. The summed E-state index contributed by atoms with van der Waals surface area (Å²) in [6.07, 6.45) is 6.52. The second-order valence-corrected chi connectivity index (χ2v) is 11.7. The van der Waals surface area contributed by atoms with Crippen LogP contribution in [0.15, 0.2) is 62.0 Å². The molecule has 2 saturated heterocycles. The standard InChI is InChI=1S/C29H35F2N7O2S/c1-37-6-8-38(9-7-37)21-2-3-24(26(15-21)35-20-4-10-40-11-5-20)29(39)36-28(33)25-16-23(17-34-27(25)32)41-22-13-18(30)12-19(31)14-22/h12-17,20,24H,2-11H2,1H3,(H2,32,34)(H2,33,36,39). The largest absolute Gasteiger partial charge is 0.383 e. The van der Waals surface area contributed by atoms with Crippen molar-refractivity contribution >= 4 is 35.0 Å². The van der Waals surface area contributed by atoms with Crippen molar-refractivity contribution in [2.45, 2.75) is 41.5 Å². The molecule has 2 fully saturated rings. The number of ether oxygens (including phenoxy) is 1. The van der Waals surface area contributed by atoms with Crippen molar-refractivity contribution in [3.8, 4) is 0 Å². The zero-order chi connectivity index (χ0) is 28.9. The molecule has 1 amide bonds. The van der Waals surface area contributed by atoms with Crippen LogP contribution in [0, 0.1) is 17.6 Å². The Bertz CT molecular complexity index is 1350. The molecule has 12 heteroatoms. The Balaban J connectivity index is 1.38. The lowest BCUT2D eigenvalue weighted by atomic mass is 9.88. The number of carbonyl (C=O) groups is 1. The fraction of sp³-hybridized carbons (Fsp3) is 0.448. The highest BCUT2D eigenvalue weighted by molar-refractivity contribution is 7.99. The van der Waals surface area contributed by atoms with Crippen LogP contribution in [-0.4, -0.2) is 84.7 Å². The molecule has 9 nitrogen and oxygen atoms in total. The van der Waals surface area contributed by atoms with Gasteiger partial charge in [-0.25, -0.2) is 13.8 Å². The summed E-state index contributed by atoms with van der Waals surface area (Å²) in [4.78, 5) is 32.6. The lowest BCUT2D eigenvalue weighted by Gasteiger charge is -2.37. The molecule has 1 unspecified atom stereocenters. The third-order valence-corrected chi connectivity index (χ3v) is 8.49. The number of pyridine rings is 1. The minimum Gasteiger partial charge on any atom is -0.383 e. The van der Waals surface area contributed by atoms with Crippen LogP contribution < -0.4 is 11.5 Å². The van der Waals surface area contributed by atoms with Gasteiger partial charge in [0.2, 0.25) is 0 Å². The molecule has 2 aromatic rings. The van der Waals surface area contributed by atoms with Crippen LogP contribution in [-0.2, 0) is 9.53 Å². The van der Waals surface area contributed by atoms with Crippen molar-refractivity contribution in [2.75, 3.05) is 52.2 Å². The Kier molecular flexibility index (Phi) is 9.31. The van der Waals surface area contributed by atoms with Crippen molar-refractivity contribution in [3.63, 3.8) is 0 Å². The van der Waals surface area contributed by atoms with E-state index in [4.69, 9.17) is 21.2 Å². The number of halogens is 2. The number of benzene rings is 1. The minimum absolute atomic E-state index is 0.0628. The molecule has 218 valence electrons. The van der Waals surface area contributed by atoms with Crippen LogP contribution in [0.4, 0.5) is 14.6 Å². The van der Waals surface area contributed by atoms with E-state index in [1.54, 1.807) is 6.07 Å². The normalized spacial score (nSPS) is 22.2. The molecule has 3 heterocycles. The van der Waals surface area contributed by atoms with Crippen molar-refractivity contribution in [2.24, 2.45) is 21.6 Å². The highest BCUT2D eigenvalue weighted by atomic mass is 32.2. The van der Waals surface area contributed by atoms with Gasteiger partial charge in [0, 0.05) is 72.9 Å². The maximum atomic E-state index is 13.7. The minimum atomic E-state index is -0.682. The SMILES string of the molecule is CN1CCN(C2=CC(=NC3CCOCC3)C(C(=O)N=C(N)c3cc(Sc4cc(F)cc(F)c4)cnc3N)CC2)CC1. The average molecular weight is 584 g/mol. The summed E-state index contributed by atoms with van der Waals surface area (Å²) in [5, 5.41) is 0. The van der Waals surface area contributed by atoms with E-state index in [-0.39, 0.29) is 29.2 Å². The van der Waals surface area contributed by atoms with E-state index in [2.05, 4.69) is 32.9 Å². The molecule has 5 rings (SSSR count). The summed E-state index contributed by atoms with van der Waals surface area (Å²) in [6.45, 7) is 5.19. The first-order valence-electron chi connectivity index (χ1n) is 13.8. The Morgan fingerprint density at radius 3 is 2.46 bits per heavy atom. The van der Waals surface area contributed by atoms with Gasteiger partial charge >= 0.3 is 0 Å². The lowest BCUT2D eigenvalue weighted by Crippen LogP contribution is -2.45. The number of likely N-dealkylation sites (N-methyl/N-ethyl adjacent to an activating group) is 1. The topological polar surface area (TPSA) is 122 Å². The number of aliphatic imine (C=N–C) groups is 2. The van der Waals surface area contributed by atoms with Gasteiger partial charge in [0.1, 0.15) is 23.3 Å². The first-order valence-corrected chi connectivity index (χ1v) is 14.6. The van der Waals surface area contributed by atoms with Gasteiger partial charge in [0.05, 0.1) is 17.5 Å². The number of aromatic nitrogens is 1. The van der Waals surface area contributed by atoms with E-state index in [1.807, 2.05) is 0 Å². The van der Waals surface area contributed by atoms with Crippen LogP contribution in [0.25, 0.3) is 0 Å². The summed E-state index contributed by atoms with van der Waals surface area (Å²) in [5.74, 6) is -2.23. The second-order valence-electron chi connectivity index (χ2n) is 10.6. The number of allylic oxidation sites excluding steroid dienone is 2. The zero-order valence-electron chi connectivity index (χ0n) is 23.1. The summed E-state index contributed by atoms with van der Waals surface area (Å²) in [6, 6.07) is 4.96. The third kappa shape index (κ3) is 7.49. The fourth-order valence-electron chi connectivity index (χ4n) is 5.23. The van der Waals surface area contributed by atoms with E-state index in [9.17, 15) is 13.6 Å². The van der Waals surface area contributed by atoms with Crippen molar-refractivity contribution in [1.82, 2.24) is 14.8 Å². The number of amidine groups is 1. The number of nitrogens with two attached hydrogens (primary N) is 2. The van der Waals surface area contributed by atoms with Crippen LogP contribution >= 0.6 is 11.8 Å². The number of rotatable bonds is 6. The van der Waals surface area contributed by atoms with Gasteiger partial charge < -0.3 is 26.0 Å². The molecule has 0 saturated carbocycles. The molecule has 41 heavy (non-hydrogen) atoms. The zero-order valence-corrected chi connectivity index (χ0v) is 23.9. The van der Waals surface area contributed by atoms with Gasteiger partial charge in [0.15, 0.2) is 0 Å². The predicted molar refractivity (Wildman–Crippen MR) is 156 cm³/mol. The first kappa shape index (κ1) is 29.2. The quantitative estimate of drug-likeness (QED) is 0.392. The highest BCUT2D eigenvalue weighted by Crippen LogP contribution is 2.31. The van der Waals surface area contributed by atoms with Crippen molar-refractivity contribution in [3.05, 3.63) is 59.4 Å². The number of hydrogen-bond donors (Lipinski definition) is 2. The molecule has 4 N–H and O–H groups in total. The Morgan fingerprint density at radius 1 is 1.05 bits per heavy atom. The number of carbonyl (C=O) groups excluding carboxylic acids is 1. The molecule has 1 aliphatic carbocycles. The second kappa shape index (κ2) is 13.1. The molecule has 3 aliphatic rings. The van der Waals surface area contributed by atoms with Crippen LogP contribution in [0.1, 0.15) is 31.2 Å². The van der Waals surface area contributed by atoms with E-state index >= 15 is 0 Å². The van der Waals surface area contributed by atoms with Crippen LogP contribution in [0.2, 0.25) is 0 Å². The highest BCUT2D eigenvalue weighted by Gasteiger charge is 2.31. The molecular formula is C29H35F2N7O2S. The number of hydrogen-bond acceptors (Lipinski definition) is 8. The number of nitrogens with zero attached hydrogens (tertiary/aromatic N) is 5. The molecule has 0 bridgehead atoms. The van der Waals surface area contributed by atoms with E-state index < -0.39 is 17.6 Å². The van der Waals surface area contributed by atoms with Crippen molar-refractivity contribution in [1.29, 1.82) is 0 Å². The molecule has 1 atom stereocenters. The van der Waals surface area contributed by atoms with E-state index in [0.29, 0.717) is 29.4 Å². The fourth-order valence-corrected chi connectivity index (χ4v) is 6.12. The number of nitrogen functional groups attached to an aromatic ring is 1. The van der Waals surface area contributed by atoms with Crippen molar-refractivity contribution < 1.29 is 18.3 Å². The van der Waals surface area contributed by atoms with E-state index in [0.717, 1.165) is 69.0 Å². The molecule has 1 aromatic heterocycles. The third-order valence-electron chi connectivity index (χ3n) is 7.56. The van der Waals surface area contributed by atoms with Gasteiger partial charge in [-0.1, -0.05) is 11.8 Å². The predicted octanol–water partition coefficient (Wildman–Crippen LogP) is 3.49. The lowest BCUT2D eigenvalue weighted by molar-refractivity contribution is -0.119. The first-order chi connectivity index (χ1) is 19.7. The Labute approximate surface area is 242 Å². The van der Waals surface area contributed by atoms with Gasteiger partial charge in [-0.15, -0.1) is 0 Å².